The van der Waals surface area contributed by atoms with Crippen molar-refractivity contribution in [3.8, 4) is 0 Å². The highest BCUT2D eigenvalue weighted by atomic mass is 16.2. The Bertz CT molecular complexity index is 540. The van der Waals surface area contributed by atoms with Gasteiger partial charge in [-0.25, -0.2) is 0 Å². The molecule has 0 heterocycles. The number of rotatable bonds is 7. The maximum Gasteiger partial charge on any atom is 0.238 e. The molecule has 0 aromatic heterocycles. The summed E-state index contributed by atoms with van der Waals surface area (Å²) in [6.07, 6.45) is 3.00. The number of nitrogens with one attached hydrogen (secondary N) is 2. The third-order valence-electron chi connectivity index (χ3n) is 4.03. The van der Waals surface area contributed by atoms with Crippen LogP contribution in [0.5, 0.6) is 0 Å². The first kappa shape index (κ1) is 16.5. The first-order valence-corrected chi connectivity index (χ1v) is 7.89. The van der Waals surface area contributed by atoms with Gasteiger partial charge < -0.3 is 10.6 Å². The van der Waals surface area contributed by atoms with E-state index in [0.717, 1.165) is 30.5 Å². The molecule has 2 amide bonds. The molecule has 5 heteroatoms. The van der Waals surface area contributed by atoms with Crippen LogP contribution in [0.4, 0.5) is 5.69 Å². The van der Waals surface area contributed by atoms with Crippen molar-refractivity contribution >= 4 is 17.5 Å². The number of anilines is 1. The quantitative estimate of drug-likeness (QED) is 0.807. The Balaban J connectivity index is 1.86. The summed E-state index contributed by atoms with van der Waals surface area (Å²) in [5, 5.41) is 5.89. The van der Waals surface area contributed by atoms with E-state index in [-0.39, 0.29) is 24.4 Å². The number of amides is 2. The summed E-state index contributed by atoms with van der Waals surface area (Å²) in [5.74, 6) is -0.110. The van der Waals surface area contributed by atoms with Crippen molar-refractivity contribution < 1.29 is 9.59 Å². The zero-order valence-corrected chi connectivity index (χ0v) is 13.6. The van der Waals surface area contributed by atoms with Gasteiger partial charge in [-0.1, -0.05) is 25.1 Å². The lowest BCUT2D eigenvalue weighted by molar-refractivity contribution is -0.126. The summed E-state index contributed by atoms with van der Waals surface area (Å²) >= 11 is 0. The molecule has 1 atom stereocenters. The third kappa shape index (κ3) is 4.56. The van der Waals surface area contributed by atoms with Crippen LogP contribution < -0.4 is 10.6 Å². The molecule has 1 aliphatic rings. The molecule has 2 rings (SSSR count). The lowest BCUT2D eigenvalue weighted by Gasteiger charge is -2.23. The van der Waals surface area contributed by atoms with E-state index < -0.39 is 0 Å². The molecule has 0 bridgehead atoms. The van der Waals surface area contributed by atoms with E-state index in [1.807, 2.05) is 31.2 Å². The van der Waals surface area contributed by atoms with Crippen molar-refractivity contribution in [2.75, 3.05) is 18.9 Å². The number of aryl methyl sites for hydroxylation is 1. The topological polar surface area (TPSA) is 61.4 Å². The van der Waals surface area contributed by atoms with Crippen molar-refractivity contribution in [2.45, 2.75) is 45.2 Å². The van der Waals surface area contributed by atoms with Gasteiger partial charge in [-0.05, 0) is 44.9 Å². The van der Waals surface area contributed by atoms with Crippen molar-refractivity contribution in [3.05, 3.63) is 29.8 Å². The minimum Gasteiger partial charge on any atom is -0.352 e. The Morgan fingerprint density at radius 3 is 2.64 bits per heavy atom. The Morgan fingerprint density at radius 2 is 2.00 bits per heavy atom. The van der Waals surface area contributed by atoms with Crippen LogP contribution in [-0.4, -0.2) is 42.4 Å². The van der Waals surface area contributed by atoms with E-state index in [2.05, 4.69) is 17.6 Å². The number of hydrogen-bond donors (Lipinski definition) is 2. The van der Waals surface area contributed by atoms with Gasteiger partial charge in [0.1, 0.15) is 0 Å². The fraction of sp³-hybridized carbons (Fsp3) is 0.529. The Kier molecular flexibility index (Phi) is 5.55. The molecule has 120 valence electrons. The molecule has 0 aliphatic heterocycles. The van der Waals surface area contributed by atoms with Gasteiger partial charge >= 0.3 is 0 Å². The molecular formula is C17H25N3O2. The van der Waals surface area contributed by atoms with Gasteiger partial charge in [0.15, 0.2) is 0 Å². The minimum atomic E-state index is -0.312. The van der Waals surface area contributed by atoms with Gasteiger partial charge in [-0.2, -0.15) is 0 Å². The van der Waals surface area contributed by atoms with Crippen LogP contribution in [-0.2, 0) is 16.0 Å². The molecule has 2 N–H and O–H groups in total. The number of carbonyl (C=O) groups is 2. The van der Waals surface area contributed by atoms with E-state index in [1.54, 1.807) is 11.9 Å². The smallest absolute Gasteiger partial charge is 0.238 e. The first-order valence-electron chi connectivity index (χ1n) is 7.89. The lowest BCUT2D eigenvalue weighted by atomic mass is 10.1. The second-order valence-corrected chi connectivity index (χ2v) is 5.93. The van der Waals surface area contributed by atoms with Crippen molar-refractivity contribution in [3.63, 3.8) is 0 Å². The maximum atomic E-state index is 12.2. The van der Waals surface area contributed by atoms with Gasteiger partial charge in [0.25, 0.3) is 0 Å². The molecule has 5 nitrogen and oxygen atoms in total. The predicted molar refractivity (Wildman–Crippen MR) is 87.7 cm³/mol. The van der Waals surface area contributed by atoms with Crippen molar-refractivity contribution in [1.29, 1.82) is 0 Å². The van der Waals surface area contributed by atoms with Crippen LogP contribution in [0, 0.1) is 0 Å². The van der Waals surface area contributed by atoms with E-state index in [1.165, 1.54) is 0 Å². The van der Waals surface area contributed by atoms with Crippen LogP contribution in [0.3, 0.4) is 0 Å². The van der Waals surface area contributed by atoms with Crippen LogP contribution in [0.25, 0.3) is 0 Å². The fourth-order valence-electron chi connectivity index (χ4n) is 2.25. The molecular weight excluding hydrogens is 278 g/mol. The summed E-state index contributed by atoms with van der Waals surface area (Å²) < 4.78 is 0. The number of likely N-dealkylation sites (N-methyl/N-ethyl adjacent to an activating group) is 1. The average molecular weight is 303 g/mol. The minimum absolute atomic E-state index is 0.00763. The second-order valence-electron chi connectivity index (χ2n) is 5.93. The van der Waals surface area contributed by atoms with Crippen molar-refractivity contribution in [1.82, 2.24) is 10.2 Å². The molecule has 0 saturated heterocycles. The SMILES string of the molecule is CCc1ccccc1NC(=O)CN(C)[C@@H](C)C(=O)NC1CC1. The van der Waals surface area contributed by atoms with Gasteiger partial charge in [0, 0.05) is 11.7 Å². The summed E-state index contributed by atoms with van der Waals surface area (Å²) in [6, 6.07) is 7.81. The van der Waals surface area contributed by atoms with Crippen LogP contribution in [0.2, 0.25) is 0 Å². The first-order chi connectivity index (χ1) is 10.5. The number of carbonyl (C=O) groups excluding carboxylic acids is 2. The van der Waals surface area contributed by atoms with Gasteiger partial charge in [0.05, 0.1) is 12.6 Å². The zero-order chi connectivity index (χ0) is 16.1. The standard InChI is InChI=1S/C17H25N3O2/c1-4-13-7-5-6-8-15(13)19-16(21)11-20(3)12(2)17(22)18-14-9-10-14/h5-8,12,14H,4,9-11H2,1-3H3,(H,18,22)(H,19,21)/t12-/m0/s1. The number of para-hydroxylation sites is 1. The van der Waals surface area contributed by atoms with Crippen LogP contribution in [0.1, 0.15) is 32.3 Å². The Hall–Kier alpha value is -1.88. The molecule has 0 unspecified atom stereocenters. The normalized spacial score (nSPS) is 15.5. The number of hydrogen-bond acceptors (Lipinski definition) is 3. The van der Waals surface area contributed by atoms with Gasteiger partial charge in [-0.15, -0.1) is 0 Å². The van der Waals surface area contributed by atoms with E-state index in [0.29, 0.717) is 6.04 Å². The lowest BCUT2D eigenvalue weighted by Crippen LogP contribution is -2.46. The molecule has 1 aromatic rings. The highest BCUT2D eigenvalue weighted by Gasteiger charge is 2.27. The molecule has 0 spiro atoms. The second kappa shape index (κ2) is 7.40. The summed E-state index contributed by atoms with van der Waals surface area (Å²) in [6.45, 7) is 4.07. The molecule has 1 aliphatic carbocycles. The van der Waals surface area contributed by atoms with Crippen LogP contribution >= 0.6 is 0 Å². The maximum absolute atomic E-state index is 12.2. The van der Waals surface area contributed by atoms with E-state index in [9.17, 15) is 9.59 Å². The number of nitrogens with zero attached hydrogens (tertiary/aromatic N) is 1. The highest BCUT2D eigenvalue weighted by molar-refractivity contribution is 5.93. The Labute approximate surface area is 132 Å². The third-order valence-corrected chi connectivity index (χ3v) is 4.03. The average Bonchev–Trinajstić information content (AvgIpc) is 3.30. The van der Waals surface area contributed by atoms with Gasteiger partial charge in [0.2, 0.25) is 11.8 Å². The molecule has 1 aromatic carbocycles. The summed E-state index contributed by atoms with van der Waals surface area (Å²) in [4.78, 5) is 25.9. The van der Waals surface area contributed by atoms with E-state index >= 15 is 0 Å². The zero-order valence-electron chi connectivity index (χ0n) is 13.6. The molecule has 22 heavy (non-hydrogen) atoms. The largest absolute Gasteiger partial charge is 0.352 e. The summed E-state index contributed by atoms with van der Waals surface area (Å²) in [7, 11) is 1.79. The van der Waals surface area contributed by atoms with E-state index in [4.69, 9.17) is 0 Å². The fourth-order valence-corrected chi connectivity index (χ4v) is 2.25. The molecule has 1 saturated carbocycles. The van der Waals surface area contributed by atoms with Gasteiger partial charge in [-0.3, -0.25) is 14.5 Å². The number of benzene rings is 1. The Morgan fingerprint density at radius 1 is 1.32 bits per heavy atom. The monoisotopic (exact) mass is 303 g/mol. The van der Waals surface area contributed by atoms with Crippen LogP contribution in [0.15, 0.2) is 24.3 Å². The van der Waals surface area contributed by atoms with Crippen molar-refractivity contribution in [2.24, 2.45) is 0 Å². The molecule has 0 radical (unpaired) electrons. The highest BCUT2D eigenvalue weighted by Crippen LogP contribution is 2.19. The summed E-state index contributed by atoms with van der Waals surface area (Å²) in [5.41, 5.74) is 1.96. The molecule has 1 fully saturated rings. The predicted octanol–water partition coefficient (Wildman–Crippen LogP) is 1.79.